The molecule has 4 rings (SSSR count). The van der Waals surface area contributed by atoms with Crippen molar-refractivity contribution >= 4 is 17.3 Å². The van der Waals surface area contributed by atoms with E-state index in [-0.39, 0.29) is 18.4 Å². The maximum absolute atomic E-state index is 12.3. The zero-order valence-electron chi connectivity index (χ0n) is 18.3. The standard InChI is InChI=1S/C21H27N5O5/c1-19(2,3)9-14(27)28-10-21(23-6)17-16(29-20(4,5)31-17)15(30-21)12-7-8-13-18(22)24-11-25-26(12)13/h7-8,11,15-17H,9-10H2,1-5H3,(H2,22,24,25)/t15-,16-,17-,21+/m0/s1. The lowest BCUT2D eigenvalue weighted by molar-refractivity contribution is -0.210. The first-order valence-corrected chi connectivity index (χ1v) is 10.1. The Morgan fingerprint density at radius 2 is 2.06 bits per heavy atom. The Bertz CT molecular complexity index is 1050. The van der Waals surface area contributed by atoms with Crippen molar-refractivity contribution in [2.45, 2.75) is 70.9 Å². The van der Waals surface area contributed by atoms with E-state index in [1.165, 1.54) is 6.33 Å². The Labute approximate surface area is 180 Å². The number of carbonyl (C=O) groups is 1. The fourth-order valence-electron chi connectivity index (χ4n) is 4.04. The van der Waals surface area contributed by atoms with Crippen LogP contribution in [0.4, 0.5) is 5.82 Å². The van der Waals surface area contributed by atoms with E-state index in [0.717, 1.165) is 0 Å². The highest BCUT2D eigenvalue weighted by Gasteiger charge is 2.69. The number of aromatic nitrogens is 3. The second kappa shape index (κ2) is 7.15. The predicted molar refractivity (Wildman–Crippen MR) is 109 cm³/mol. The Morgan fingerprint density at radius 3 is 2.74 bits per heavy atom. The molecule has 31 heavy (non-hydrogen) atoms. The first kappa shape index (κ1) is 21.5. The van der Waals surface area contributed by atoms with E-state index in [9.17, 15) is 4.79 Å². The maximum Gasteiger partial charge on any atom is 0.400 e. The van der Waals surface area contributed by atoms with Crippen molar-refractivity contribution in [2.24, 2.45) is 5.41 Å². The fraction of sp³-hybridized carbons (Fsp3) is 0.619. The van der Waals surface area contributed by atoms with Crippen LogP contribution in [0.2, 0.25) is 0 Å². The first-order valence-electron chi connectivity index (χ1n) is 10.1. The maximum atomic E-state index is 12.3. The highest BCUT2D eigenvalue weighted by molar-refractivity contribution is 5.70. The summed E-state index contributed by atoms with van der Waals surface area (Å²) < 4.78 is 25.5. The van der Waals surface area contributed by atoms with Gasteiger partial charge in [-0.05, 0) is 31.4 Å². The average molecular weight is 429 g/mol. The van der Waals surface area contributed by atoms with Crippen LogP contribution in [0.25, 0.3) is 10.4 Å². The number of nitrogens with two attached hydrogens (primary N) is 1. The lowest BCUT2D eigenvalue weighted by Gasteiger charge is -2.26. The second-order valence-electron chi connectivity index (χ2n) is 9.61. The molecule has 0 saturated carbocycles. The number of hydrogen-bond donors (Lipinski definition) is 1. The second-order valence-corrected chi connectivity index (χ2v) is 9.61. The van der Waals surface area contributed by atoms with E-state index in [1.807, 2.05) is 26.8 Å². The molecule has 0 amide bonds. The quantitative estimate of drug-likeness (QED) is 0.582. The van der Waals surface area contributed by atoms with Gasteiger partial charge in [-0.1, -0.05) is 20.8 Å². The molecule has 2 aliphatic rings. The predicted octanol–water partition coefficient (Wildman–Crippen LogP) is 2.50. The number of hydrogen-bond acceptors (Lipinski definition) is 8. The topological polar surface area (TPSA) is 115 Å². The Hall–Kier alpha value is -2.74. The summed E-state index contributed by atoms with van der Waals surface area (Å²) in [5.41, 5.74) is 5.44. The summed E-state index contributed by atoms with van der Waals surface area (Å²) in [5, 5.41) is 4.27. The lowest BCUT2D eigenvalue weighted by Crippen LogP contribution is -2.45. The molecule has 2 aliphatic heterocycles. The van der Waals surface area contributed by atoms with Crippen LogP contribution in [0.3, 0.4) is 0 Å². The van der Waals surface area contributed by atoms with Crippen molar-refractivity contribution in [1.82, 2.24) is 14.6 Å². The van der Waals surface area contributed by atoms with Gasteiger partial charge in [-0.2, -0.15) is 5.10 Å². The van der Waals surface area contributed by atoms with Crippen LogP contribution in [-0.2, 0) is 23.7 Å². The molecular weight excluding hydrogens is 402 g/mol. The molecule has 4 heterocycles. The number of anilines is 1. The molecule has 0 bridgehead atoms. The number of fused-ring (bicyclic) bond motifs is 2. The van der Waals surface area contributed by atoms with Crippen molar-refractivity contribution in [2.75, 3.05) is 12.3 Å². The van der Waals surface area contributed by atoms with Crippen LogP contribution < -0.4 is 5.73 Å². The van der Waals surface area contributed by atoms with Crippen LogP contribution in [0, 0.1) is 12.0 Å². The molecule has 0 aromatic carbocycles. The van der Waals surface area contributed by atoms with E-state index in [4.69, 9.17) is 31.3 Å². The zero-order valence-corrected chi connectivity index (χ0v) is 18.3. The van der Waals surface area contributed by atoms with Crippen LogP contribution in [0.1, 0.15) is 52.8 Å². The van der Waals surface area contributed by atoms with Crippen LogP contribution in [-0.4, -0.2) is 50.9 Å². The molecule has 2 N–H and O–H groups in total. The normalized spacial score (nSPS) is 29.6. The molecule has 2 aromatic heterocycles. The number of carbonyl (C=O) groups excluding carboxylic acids is 1. The third-order valence-corrected chi connectivity index (χ3v) is 5.31. The largest absolute Gasteiger partial charge is 0.454 e. The molecule has 4 atom stereocenters. The minimum atomic E-state index is -1.54. The summed E-state index contributed by atoms with van der Waals surface area (Å²) in [6.45, 7) is 17.0. The van der Waals surface area contributed by atoms with Gasteiger partial charge in [0.15, 0.2) is 24.3 Å². The summed E-state index contributed by atoms with van der Waals surface area (Å²) >= 11 is 0. The van der Waals surface area contributed by atoms with Gasteiger partial charge in [-0.25, -0.2) is 16.1 Å². The Morgan fingerprint density at radius 1 is 1.32 bits per heavy atom. The van der Waals surface area contributed by atoms with Crippen molar-refractivity contribution in [1.29, 1.82) is 0 Å². The van der Waals surface area contributed by atoms with Gasteiger partial charge in [0.2, 0.25) is 0 Å². The van der Waals surface area contributed by atoms with Crippen LogP contribution in [0.15, 0.2) is 18.5 Å². The minimum absolute atomic E-state index is 0.223. The molecule has 0 unspecified atom stereocenters. The van der Waals surface area contributed by atoms with Gasteiger partial charge < -0.3 is 19.9 Å². The summed E-state index contributed by atoms with van der Waals surface area (Å²) in [7, 11) is 0. The van der Waals surface area contributed by atoms with Gasteiger partial charge in [0.25, 0.3) is 0 Å². The van der Waals surface area contributed by atoms with Crippen LogP contribution in [0.5, 0.6) is 0 Å². The summed E-state index contributed by atoms with van der Waals surface area (Å²) in [5.74, 6) is -0.998. The van der Waals surface area contributed by atoms with Gasteiger partial charge in [0, 0.05) is 0 Å². The zero-order chi connectivity index (χ0) is 22.6. The van der Waals surface area contributed by atoms with Gasteiger partial charge in [-0.3, -0.25) is 14.4 Å². The van der Waals surface area contributed by atoms with Gasteiger partial charge >= 0.3 is 11.7 Å². The number of nitrogen functional groups attached to an aromatic ring is 1. The molecule has 0 radical (unpaired) electrons. The summed E-state index contributed by atoms with van der Waals surface area (Å²) in [6, 6.07) is 3.59. The number of esters is 1. The Balaban J connectivity index is 1.67. The first-order chi connectivity index (χ1) is 14.4. The molecule has 2 fully saturated rings. The third-order valence-electron chi connectivity index (χ3n) is 5.31. The SMILES string of the molecule is [C-]#[N+][C@]1(COC(=O)CC(C)(C)C)O[C@@H](c2ccc3c(N)ncnn23)[C@@H]2OC(C)(C)O[C@@H]21. The number of nitrogens with zero attached hydrogens (tertiary/aromatic N) is 4. The lowest BCUT2D eigenvalue weighted by atomic mass is 9.92. The highest BCUT2D eigenvalue weighted by atomic mass is 16.8. The van der Waals surface area contributed by atoms with Crippen molar-refractivity contribution < 1.29 is 23.7 Å². The van der Waals surface area contributed by atoms with E-state index in [2.05, 4.69) is 14.9 Å². The van der Waals surface area contributed by atoms with Crippen molar-refractivity contribution in [3.05, 3.63) is 35.6 Å². The Kier molecular flexibility index (Phi) is 4.96. The van der Waals surface area contributed by atoms with Crippen LogP contribution >= 0.6 is 0 Å². The van der Waals surface area contributed by atoms with E-state index in [0.29, 0.717) is 17.0 Å². The van der Waals surface area contributed by atoms with Gasteiger partial charge in [-0.15, -0.1) is 0 Å². The molecule has 2 aromatic rings. The number of ether oxygens (including phenoxy) is 4. The molecule has 10 nitrogen and oxygen atoms in total. The molecule has 10 heteroatoms. The van der Waals surface area contributed by atoms with Gasteiger partial charge in [0.1, 0.15) is 24.1 Å². The molecule has 166 valence electrons. The molecular formula is C21H27N5O5. The summed E-state index contributed by atoms with van der Waals surface area (Å²) in [6.07, 6.45) is -0.457. The molecule has 0 aliphatic carbocycles. The van der Waals surface area contributed by atoms with Crippen molar-refractivity contribution in [3.8, 4) is 0 Å². The van der Waals surface area contributed by atoms with E-state index < -0.39 is 35.8 Å². The summed E-state index contributed by atoms with van der Waals surface area (Å²) in [4.78, 5) is 20.1. The number of rotatable bonds is 4. The molecule has 2 saturated heterocycles. The monoisotopic (exact) mass is 429 g/mol. The van der Waals surface area contributed by atoms with E-state index >= 15 is 0 Å². The van der Waals surface area contributed by atoms with Crippen molar-refractivity contribution in [3.63, 3.8) is 0 Å². The highest BCUT2D eigenvalue weighted by Crippen LogP contribution is 2.51. The molecule has 0 spiro atoms. The average Bonchev–Trinajstić information content (AvgIpc) is 3.30. The van der Waals surface area contributed by atoms with E-state index in [1.54, 1.807) is 24.4 Å². The van der Waals surface area contributed by atoms with Gasteiger partial charge in [0.05, 0.1) is 12.1 Å². The third kappa shape index (κ3) is 3.84. The minimum Gasteiger partial charge on any atom is -0.454 e. The smallest absolute Gasteiger partial charge is 0.400 e. The fourth-order valence-corrected chi connectivity index (χ4v) is 4.04.